The Bertz CT molecular complexity index is 927. The molecule has 1 saturated heterocycles. The van der Waals surface area contributed by atoms with Crippen LogP contribution in [0.25, 0.3) is 6.08 Å². The Morgan fingerprint density at radius 3 is 3.21 bits per heavy atom. The molecule has 1 fully saturated rings. The fourth-order valence-electron chi connectivity index (χ4n) is 4.24. The van der Waals surface area contributed by atoms with E-state index < -0.39 is 0 Å². The van der Waals surface area contributed by atoms with Crippen molar-refractivity contribution in [3.8, 4) is 5.75 Å². The number of hydroxylamine groups is 2. The van der Waals surface area contributed by atoms with Gasteiger partial charge in [0.25, 0.3) is 0 Å². The number of nitrogens with zero attached hydrogens (tertiary/aromatic N) is 2. The summed E-state index contributed by atoms with van der Waals surface area (Å²) < 4.78 is 6.10. The first-order chi connectivity index (χ1) is 13.8. The molecule has 0 spiro atoms. The molecule has 3 aliphatic rings. The van der Waals surface area contributed by atoms with Crippen LogP contribution in [-0.2, 0) is 16.1 Å². The summed E-state index contributed by atoms with van der Waals surface area (Å²) in [5, 5.41) is 4.82. The van der Waals surface area contributed by atoms with Gasteiger partial charge in [-0.3, -0.25) is 9.63 Å². The molecule has 5 rings (SSSR count). The van der Waals surface area contributed by atoms with Crippen LogP contribution in [0.4, 0.5) is 5.82 Å². The van der Waals surface area contributed by atoms with Gasteiger partial charge in [0.05, 0.1) is 13.2 Å². The van der Waals surface area contributed by atoms with Crippen LogP contribution in [0.15, 0.2) is 42.6 Å². The lowest BCUT2D eigenvalue weighted by Crippen LogP contribution is -2.43. The molecule has 1 aromatic heterocycles. The van der Waals surface area contributed by atoms with E-state index in [0.29, 0.717) is 24.8 Å². The zero-order chi connectivity index (χ0) is 18.9. The van der Waals surface area contributed by atoms with E-state index in [2.05, 4.69) is 34.6 Å². The standard InChI is InChI=1S/C22H23N3O3/c26-21-8-7-16-12-15(13-23-22(16)24-21)4-3-11-27-25-10-9-18-17-5-1-2-6-19(17)28-20(18)14-25/h1-6,12-13,18,20H,7-11,14H2,(H,23,24,26)/b4-3+. The SMILES string of the molecule is O=C1CCc2cc(/C=C/CON3CCC4c5ccccc5OC4C3)cnc2N1. The second-order valence-electron chi connectivity index (χ2n) is 7.50. The van der Waals surface area contributed by atoms with E-state index in [4.69, 9.17) is 9.57 Å². The van der Waals surface area contributed by atoms with Crippen LogP contribution in [0.2, 0.25) is 0 Å². The van der Waals surface area contributed by atoms with Crippen molar-refractivity contribution in [1.29, 1.82) is 0 Å². The first-order valence-electron chi connectivity index (χ1n) is 9.85. The molecule has 3 aliphatic heterocycles. The molecule has 4 heterocycles. The number of pyridine rings is 1. The van der Waals surface area contributed by atoms with Gasteiger partial charge < -0.3 is 10.1 Å². The van der Waals surface area contributed by atoms with Crippen LogP contribution in [0.5, 0.6) is 5.75 Å². The Balaban J connectivity index is 1.14. The van der Waals surface area contributed by atoms with Crippen LogP contribution in [0.3, 0.4) is 0 Å². The van der Waals surface area contributed by atoms with Crippen LogP contribution in [0.1, 0.15) is 35.4 Å². The molecule has 2 aromatic rings. The number of fused-ring (bicyclic) bond motifs is 4. The molecule has 0 aliphatic carbocycles. The number of aryl methyl sites for hydroxylation is 1. The van der Waals surface area contributed by atoms with Gasteiger partial charge in [0, 0.05) is 30.6 Å². The number of para-hydroxylation sites is 1. The van der Waals surface area contributed by atoms with E-state index in [0.717, 1.165) is 42.8 Å². The van der Waals surface area contributed by atoms with Crippen molar-refractivity contribution in [3.63, 3.8) is 0 Å². The lowest BCUT2D eigenvalue weighted by Gasteiger charge is -2.32. The van der Waals surface area contributed by atoms with Crippen molar-refractivity contribution < 1.29 is 14.4 Å². The van der Waals surface area contributed by atoms with Gasteiger partial charge in [0.1, 0.15) is 17.7 Å². The number of hydrogen-bond donors (Lipinski definition) is 1. The molecular weight excluding hydrogens is 354 g/mol. The predicted molar refractivity (Wildman–Crippen MR) is 106 cm³/mol. The van der Waals surface area contributed by atoms with Gasteiger partial charge in [-0.2, -0.15) is 5.06 Å². The van der Waals surface area contributed by atoms with Crippen molar-refractivity contribution in [2.24, 2.45) is 0 Å². The third-order valence-corrected chi connectivity index (χ3v) is 5.65. The summed E-state index contributed by atoms with van der Waals surface area (Å²) in [6, 6.07) is 10.4. The van der Waals surface area contributed by atoms with E-state index in [1.165, 1.54) is 5.56 Å². The average Bonchev–Trinajstić information content (AvgIpc) is 3.09. The Morgan fingerprint density at radius 1 is 1.32 bits per heavy atom. The van der Waals surface area contributed by atoms with E-state index in [1.807, 2.05) is 23.3 Å². The molecule has 6 heteroatoms. The summed E-state index contributed by atoms with van der Waals surface area (Å²) >= 11 is 0. The third kappa shape index (κ3) is 3.41. The molecule has 2 unspecified atom stereocenters. The number of piperidine rings is 1. The Kier molecular flexibility index (Phi) is 4.58. The Labute approximate surface area is 164 Å². The van der Waals surface area contributed by atoms with Crippen molar-refractivity contribution in [2.45, 2.75) is 31.3 Å². The minimum absolute atomic E-state index is 0.0369. The fourth-order valence-corrected chi connectivity index (χ4v) is 4.24. The van der Waals surface area contributed by atoms with E-state index in [-0.39, 0.29) is 12.0 Å². The van der Waals surface area contributed by atoms with Crippen molar-refractivity contribution in [1.82, 2.24) is 10.0 Å². The summed E-state index contributed by atoms with van der Waals surface area (Å²) in [4.78, 5) is 21.7. The number of amides is 1. The van der Waals surface area contributed by atoms with Crippen molar-refractivity contribution in [2.75, 3.05) is 25.0 Å². The maximum Gasteiger partial charge on any atom is 0.225 e. The molecule has 0 saturated carbocycles. The second kappa shape index (κ2) is 7.37. The van der Waals surface area contributed by atoms with E-state index >= 15 is 0 Å². The van der Waals surface area contributed by atoms with E-state index in [9.17, 15) is 4.79 Å². The van der Waals surface area contributed by atoms with E-state index in [1.54, 1.807) is 6.20 Å². The highest BCUT2D eigenvalue weighted by Gasteiger charge is 2.38. The monoisotopic (exact) mass is 377 g/mol. The molecule has 2 atom stereocenters. The number of aromatic nitrogens is 1. The molecule has 6 nitrogen and oxygen atoms in total. The van der Waals surface area contributed by atoms with Crippen molar-refractivity contribution in [3.05, 3.63) is 59.3 Å². The summed E-state index contributed by atoms with van der Waals surface area (Å²) in [6.07, 6.45) is 8.27. The van der Waals surface area contributed by atoms with Gasteiger partial charge in [0.2, 0.25) is 5.91 Å². The number of ether oxygens (including phenoxy) is 1. The highest BCUT2D eigenvalue weighted by molar-refractivity contribution is 5.92. The molecule has 28 heavy (non-hydrogen) atoms. The lowest BCUT2D eigenvalue weighted by atomic mass is 9.90. The van der Waals surface area contributed by atoms with Crippen LogP contribution in [0, 0.1) is 0 Å². The molecular formula is C22H23N3O3. The minimum Gasteiger partial charge on any atom is -0.488 e. The fraction of sp³-hybridized carbons (Fsp3) is 0.364. The highest BCUT2D eigenvalue weighted by Crippen LogP contribution is 2.42. The highest BCUT2D eigenvalue weighted by atomic mass is 16.7. The maximum absolute atomic E-state index is 11.4. The van der Waals surface area contributed by atoms with Gasteiger partial charge in [0.15, 0.2) is 0 Å². The zero-order valence-electron chi connectivity index (χ0n) is 15.6. The predicted octanol–water partition coefficient (Wildman–Crippen LogP) is 3.16. The summed E-state index contributed by atoms with van der Waals surface area (Å²) in [7, 11) is 0. The number of nitrogens with one attached hydrogen (secondary N) is 1. The summed E-state index contributed by atoms with van der Waals surface area (Å²) in [5.74, 6) is 2.23. The molecule has 0 bridgehead atoms. The zero-order valence-corrected chi connectivity index (χ0v) is 15.6. The molecule has 1 amide bonds. The van der Waals surface area contributed by atoms with Crippen molar-refractivity contribution >= 4 is 17.8 Å². The number of carbonyl (C=O) groups is 1. The third-order valence-electron chi connectivity index (χ3n) is 5.65. The summed E-state index contributed by atoms with van der Waals surface area (Å²) in [6.45, 7) is 2.21. The molecule has 0 radical (unpaired) electrons. The largest absolute Gasteiger partial charge is 0.488 e. The first-order valence-corrected chi connectivity index (χ1v) is 9.85. The second-order valence-corrected chi connectivity index (χ2v) is 7.50. The maximum atomic E-state index is 11.4. The minimum atomic E-state index is 0.0369. The topological polar surface area (TPSA) is 63.7 Å². The number of rotatable bonds is 4. The van der Waals surface area contributed by atoms with Gasteiger partial charge in [-0.05, 0) is 36.1 Å². The quantitative estimate of drug-likeness (QED) is 0.887. The molecule has 1 aromatic carbocycles. The Hall–Kier alpha value is -2.70. The Morgan fingerprint density at radius 2 is 2.25 bits per heavy atom. The van der Waals surface area contributed by atoms with Gasteiger partial charge >= 0.3 is 0 Å². The smallest absolute Gasteiger partial charge is 0.225 e. The van der Waals surface area contributed by atoms with Gasteiger partial charge in [-0.1, -0.05) is 30.4 Å². The normalized spacial score (nSPS) is 23.6. The molecule has 1 N–H and O–H groups in total. The summed E-state index contributed by atoms with van der Waals surface area (Å²) in [5.41, 5.74) is 3.44. The van der Waals surface area contributed by atoms with Gasteiger partial charge in [-0.15, -0.1) is 0 Å². The van der Waals surface area contributed by atoms with Crippen LogP contribution < -0.4 is 10.1 Å². The lowest BCUT2D eigenvalue weighted by molar-refractivity contribution is -0.175. The number of anilines is 1. The van der Waals surface area contributed by atoms with Gasteiger partial charge in [-0.25, -0.2) is 4.98 Å². The number of hydrogen-bond acceptors (Lipinski definition) is 5. The average molecular weight is 377 g/mol. The first kappa shape index (κ1) is 17.4. The van der Waals surface area contributed by atoms with Crippen LogP contribution in [-0.4, -0.2) is 41.8 Å². The molecule has 144 valence electrons. The van der Waals surface area contributed by atoms with Crippen LogP contribution >= 0.6 is 0 Å². The number of carbonyl (C=O) groups excluding carboxylic acids is 1. The number of benzene rings is 1.